The summed E-state index contributed by atoms with van der Waals surface area (Å²) in [7, 11) is 0. The summed E-state index contributed by atoms with van der Waals surface area (Å²) in [4.78, 5) is 12.1. The van der Waals surface area contributed by atoms with E-state index in [1.54, 1.807) is 6.92 Å². The first-order valence-corrected chi connectivity index (χ1v) is 7.55. The number of nitrogens with two attached hydrogens (primary N) is 1. The highest BCUT2D eigenvalue weighted by Gasteiger charge is 2.21. The van der Waals surface area contributed by atoms with Crippen LogP contribution in [0.4, 0.5) is 0 Å². The van der Waals surface area contributed by atoms with Gasteiger partial charge in [0.15, 0.2) is 6.10 Å². The summed E-state index contributed by atoms with van der Waals surface area (Å²) in [6.07, 6.45) is 1.12. The van der Waals surface area contributed by atoms with Crippen LogP contribution in [0.25, 0.3) is 0 Å². The number of amides is 1. The van der Waals surface area contributed by atoms with Gasteiger partial charge < -0.3 is 15.8 Å². The molecule has 0 aliphatic rings. The molecule has 118 valence electrons. The van der Waals surface area contributed by atoms with E-state index >= 15 is 0 Å². The monoisotopic (exact) mass is 292 g/mol. The maximum Gasteiger partial charge on any atom is 0.261 e. The molecule has 0 fully saturated rings. The number of nitrogens with one attached hydrogen (secondary N) is 1. The molecule has 0 heterocycles. The summed E-state index contributed by atoms with van der Waals surface area (Å²) < 4.78 is 5.83. The highest BCUT2D eigenvalue weighted by molar-refractivity contribution is 5.81. The summed E-state index contributed by atoms with van der Waals surface area (Å²) in [5.41, 5.74) is 6.79. The molecule has 1 aromatic carbocycles. The van der Waals surface area contributed by atoms with Gasteiger partial charge in [-0.25, -0.2) is 0 Å². The van der Waals surface area contributed by atoms with Gasteiger partial charge in [0.2, 0.25) is 0 Å². The van der Waals surface area contributed by atoms with Crippen LogP contribution in [0.5, 0.6) is 5.75 Å². The van der Waals surface area contributed by atoms with Crippen LogP contribution < -0.4 is 15.8 Å². The van der Waals surface area contributed by atoms with Gasteiger partial charge in [0.05, 0.1) is 0 Å². The second kappa shape index (κ2) is 7.46. The Morgan fingerprint density at radius 3 is 2.52 bits per heavy atom. The molecule has 0 saturated carbocycles. The number of para-hydroxylation sites is 1. The molecule has 0 radical (unpaired) electrons. The molecule has 2 unspecified atom stereocenters. The maximum atomic E-state index is 12.1. The third-order valence-corrected chi connectivity index (χ3v) is 3.15. The van der Waals surface area contributed by atoms with Crippen molar-refractivity contribution in [1.82, 2.24) is 5.32 Å². The Kier molecular flexibility index (Phi) is 6.21. The Bertz CT molecular complexity index is 466. The Morgan fingerprint density at radius 1 is 1.33 bits per heavy atom. The van der Waals surface area contributed by atoms with Crippen molar-refractivity contribution in [2.75, 3.05) is 0 Å². The Labute approximate surface area is 128 Å². The van der Waals surface area contributed by atoms with Crippen molar-refractivity contribution < 1.29 is 9.53 Å². The molecule has 21 heavy (non-hydrogen) atoms. The number of hydrogen-bond donors (Lipinski definition) is 2. The van der Waals surface area contributed by atoms with Gasteiger partial charge in [0, 0.05) is 11.6 Å². The third-order valence-electron chi connectivity index (χ3n) is 3.15. The topological polar surface area (TPSA) is 64.3 Å². The van der Waals surface area contributed by atoms with E-state index in [0.29, 0.717) is 0 Å². The van der Waals surface area contributed by atoms with Crippen LogP contribution in [0, 0.1) is 0 Å². The number of carbonyl (C=O) groups excluding carboxylic acids is 1. The normalized spacial score (nSPS) is 14.4. The van der Waals surface area contributed by atoms with E-state index in [4.69, 9.17) is 10.5 Å². The average Bonchev–Trinajstić information content (AvgIpc) is 2.38. The molecule has 4 heteroatoms. The van der Waals surface area contributed by atoms with E-state index in [0.717, 1.165) is 24.2 Å². The first kappa shape index (κ1) is 17.5. The second-order valence-corrected chi connectivity index (χ2v) is 6.48. The van der Waals surface area contributed by atoms with Gasteiger partial charge in [-0.3, -0.25) is 4.79 Å². The van der Waals surface area contributed by atoms with Gasteiger partial charge in [0.1, 0.15) is 5.75 Å². The first-order valence-electron chi connectivity index (χ1n) is 7.55. The van der Waals surface area contributed by atoms with Gasteiger partial charge in [-0.2, -0.15) is 0 Å². The number of ether oxygens (including phenoxy) is 1. The van der Waals surface area contributed by atoms with Crippen LogP contribution in [0.1, 0.15) is 46.6 Å². The van der Waals surface area contributed by atoms with Crippen molar-refractivity contribution in [2.24, 2.45) is 5.73 Å². The number of hydrogen-bond acceptors (Lipinski definition) is 3. The van der Waals surface area contributed by atoms with Crippen molar-refractivity contribution in [1.29, 1.82) is 0 Å². The minimum absolute atomic E-state index is 0.105. The fourth-order valence-corrected chi connectivity index (χ4v) is 1.93. The van der Waals surface area contributed by atoms with Gasteiger partial charge in [-0.1, -0.05) is 25.1 Å². The summed E-state index contributed by atoms with van der Waals surface area (Å²) in [5.74, 6) is 0.620. The van der Waals surface area contributed by atoms with Crippen molar-refractivity contribution in [2.45, 2.75) is 65.1 Å². The fourth-order valence-electron chi connectivity index (χ4n) is 1.93. The Morgan fingerprint density at radius 2 is 1.95 bits per heavy atom. The van der Waals surface area contributed by atoms with Gasteiger partial charge in [-0.05, 0) is 52.2 Å². The molecule has 1 aromatic rings. The smallest absolute Gasteiger partial charge is 0.261 e. The lowest BCUT2D eigenvalue weighted by Crippen LogP contribution is -2.46. The molecule has 0 saturated heterocycles. The van der Waals surface area contributed by atoms with Crippen LogP contribution in [0.15, 0.2) is 24.3 Å². The zero-order valence-electron chi connectivity index (χ0n) is 13.8. The molecule has 0 bridgehead atoms. The van der Waals surface area contributed by atoms with E-state index in [1.165, 1.54) is 0 Å². The largest absolute Gasteiger partial charge is 0.481 e. The van der Waals surface area contributed by atoms with Crippen molar-refractivity contribution in [3.63, 3.8) is 0 Å². The minimum Gasteiger partial charge on any atom is -0.481 e. The summed E-state index contributed by atoms with van der Waals surface area (Å²) in [6.45, 7) is 9.68. The highest BCUT2D eigenvalue weighted by atomic mass is 16.5. The van der Waals surface area contributed by atoms with Crippen LogP contribution >= 0.6 is 0 Å². The first-order chi connectivity index (χ1) is 9.73. The van der Waals surface area contributed by atoms with E-state index in [2.05, 4.69) is 12.2 Å². The number of rotatable bonds is 6. The Balaban J connectivity index is 2.76. The predicted octanol–water partition coefficient (Wildman–Crippen LogP) is 2.65. The SMILES string of the molecule is CCC(N)Cc1ccccc1OC(C)C(=O)NC(C)(C)C. The molecule has 2 atom stereocenters. The maximum absolute atomic E-state index is 12.1. The predicted molar refractivity (Wildman–Crippen MR) is 86.4 cm³/mol. The van der Waals surface area contributed by atoms with Crippen LogP contribution in [0.2, 0.25) is 0 Å². The number of carbonyl (C=O) groups is 1. The lowest BCUT2D eigenvalue weighted by atomic mass is 10.0. The fraction of sp³-hybridized carbons (Fsp3) is 0.588. The molecule has 3 N–H and O–H groups in total. The van der Waals surface area contributed by atoms with Crippen LogP contribution in [0.3, 0.4) is 0 Å². The summed E-state index contributed by atoms with van der Waals surface area (Å²) in [5, 5.41) is 2.92. The van der Waals surface area contributed by atoms with Gasteiger partial charge in [0.25, 0.3) is 5.91 Å². The highest BCUT2D eigenvalue weighted by Crippen LogP contribution is 2.21. The van der Waals surface area contributed by atoms with Crippen molar-refractivity contribution in [3.8, 4) is 5.75 Å². The Hall–Kier alpha value is -1.55. The molecule has 0 spiro atoms. The zero-order chi connectivity index (χ0) is 16.0. The lowest BCUT2D eigenvalue weighted by molar-refractivity contribution is -0.128. The van der Waals surface area contributed by atoms with Gasteiger partial charge >= 0.3 is 0 Å². The van der Waals surface area contributed by atoms with Gasteiger partial charge in [-0.15, -0.1) is 0 Å². The minimum atomic E-state index is -0.539. The van der Waals surface area contributed by atoms with Crippen LogP contribution in [-0.4, -0.2) is 23.6 Å². The number of benzene rings is 1. The van der Waals surface area contributed by atoms with E-state index in [1.807, 2.05) is 45.0 Å². The van der Waals surface area contributed by atoms with Crippen LogP contribution in [-0.2, 0) is 11.2 Å². The van der Waals surface area contributed by atoms with Crippen molar-refractivity contribution in [3.05, 3.63) is 29.8 Å². The average molecular weight is 292 g/mol. The summed E-state index contributed by atoms with van der Waals surface area (Å²) in [6, 6.07) is 7.86. The van der Waals surface area contributed by atoms with Crippen molar-refractivity contribution >= 4 is 5.91 Å². The summed E-state index contributed by atoms with van der Waals surface area (Å²) >= 11 is 0. The quantitative estimate of drug-likeness (QED) is 0.847. The molecule has 1 rings (SSSR count). The third kappa shape index (κ3) is 6.17. The van der Waals surface area contributed by atoms with E-state index in [9.17, 15) is 4.79 Å². The lowest BCUT2D eigenvalue weighted by Gasteiger charge is -2.24. The molecular formula is C17H28N2O2. The molecule has 1 amide bonds. The second-order valence-electron chi connectivity index (χ2n) is 6.48. The molecule has 0 aromatic heterocycles. The zero-order valence-corrected chi connectivity index (χ0v) is 13.8. The molecular weight excluding hydrogens is 264 g/mol. The standard InChI is InChI=1S/C17H28N2O2/c1-6-14(18)11-13-9-7-8-10-15(13)21-12(2)16(20)19-17(3,4)5/h7-10,12,14H,6,11,18H2,1-5H3,(H,19,20). The van der Waals surface area contributed by atoms with E-state index in [-0.39, 0.29) is 17.5 Å². The van der Waals surface area contributed by atoms with E-state index < -0.39 is 6.10 Å². The molecule has 0 aliphatic heterocycles. The molecule has 0 aliphatic carbocycles. The molecule has 4 nitrogen and oxygen atoms in total.